The highest BCUT2D eigenvalue weighted by atomic mass is 32.1. The first-order valence-corrected chi connectivity index (χ1v) is 9.12. The van der Waals surface area contributed by atoms with Crippen LogP contribution in [0.5, 0.6) is 5.75 Å². The Morgan fingerprint density at radius 2 is 2.04 bits per heavy atom. The van der Waals surface area contributed by atoms with Gasteiger partial charge in [-0.3, -0.25) is 14.9 Å². The number of rotatable bonds is 4. The number of amides is 2. The van der Waals surface area contributed by atoms with Gasteiger partial charge in [-0.05, 0) is 48.9 Å². The molecule has 0 bridgehead atoms. The number of nitrogens with one attached hydrogen (secondary N) is 1. The number of nitrogens with zero attached hydrogens (tertiary/aromatic N) is 2. The number of aromatic nitrogens is 1. The number of hydrogen-bond acceptors (Lipinski definition) is 5. The van der Waals surface area contributed by atoms with Crippen molar-refractivity contribution in [2.24, 2.45) is 0 Å². The maximum Gasteiger partial charge on any atom is 0.257 e. The Balaban J connectivity index is 1.50. The Bertz CT molecular complexity index is 981. The van der Waals surface area contributed by atoms with E-state index in [1.165, 1.54) is 11.3 Å². The maximum atomic E-state index is 12.5. The molecule has 0 atom stereocenters. The minimum atomic E-state index is -0.227. The van der Waals surface area contributed by atoms with E-state index >= 15 is 0 Å². The largest absolute Gasteiger partial charge is 0.497 e. The first kappa shape index (κ1) is 16.5. The summed E-state index contributed by atoms with van der Waals surface area (Å²) in [5, 5.41) is 3.37. The molecule has 0 unspecified atom stereocenters. The van der Waals surface area contributed by atoms with E-state index in [-0.39, 0.29) is 11.8 Å². The molecule has 3 aromatic rings. The van der Waals surface area contributed by atoms with Crippen LogP contribution in [0.2, 0.25) is 0 Å². The van der Waals surface area contributed by atoms with Crippen LogP contribution >= 0.6 is 11.3 Å². The lowest BCUT2D eigenvalue weighted by molar-refractivity contribution is -0.117. The zero-order valence-electron chi connectivity index (χ0n) is 14.2. The van der Waals surface area contributed by atoms with Gasteiger partial charge in [0.05, 0.1) is 17.3 Å². The number of thiazole rings is 1. The first-order valence-electron chi connectivity index (χ1n) is 8.30. The molecule has 1 aliphatic heterocycles. The highest BCUT2D eigenvalue weighted by molar-refractivity contribution is 7.22. The summed E-state index contributed by atoms with van der Waals surface area (Å²) in [6, 6.07) is 12.7. The Morgan fingerprint density at radius 3 is 2.73 bits per heavy atom. The van der Waals surface area contributed by atoms with Crippen molar-refractivity contribution in [3.05, 3.63) is 48.0 Å². The molecule has 6 nitrogen and oxygen atoms in total. The van der Waals surface area contributed by atoms with Crippen LogP contribution in [0.25, 0.3) is 10.2 Å². The molecule has 4 rings (SSSR count). The highest BCUT2D eigenvalue weighted by Gasteiger charge is 2.21. The molecular formula is C19H17N3O3S. The quantitative estimate of drug-likeness (QED) is 0.763. The fourth-order valence-electron chi connectivity index (χ4n) is 2.97. The van der Waals surface area contributed by atoms with Crippen molar-refractivity contribution < 1.29 is 14.3 Å². The number of fused-ring (bicyclic) bond motifs is 1. The second-order valence-electron chi connectivity index (χ2n) is 6.00. The molecule has 7 heteroatoms. The lowest BCUT2D eigenvalue weighted by atomic mass is 10.2. The third kappa shape index (κ3) is 3.13. The van der Waals surface area contributed by atoms with Gasteiger partial charge in [-0.2, -0.15) is 0 Å². The third-order valence-corrected chi connectivity index (χ3v) is 5.26. The van der Waals surface area contributed by atoms with Crippen LogP contribution in [-0.2, 0) is 4.79 Å². The summed E-state index contributed by atoms with van der Waals surface area (Å²) >= 11 is 1.40. The minimum Gasteiger partial charge on any atom is -0.497 e. The van der Waals surface area contributed by atoms with Crippen LogP contribution in [0, 0.1) is 0 Å². The average molecular weight is 367 g/mol. The van der Waals surface area contributed by atoms with Crippen molar-refractivity contribution >= 4 is 44.2 Å². The molecule has 1 aliphatic rings. The first-order chi connectivity index (χ1) is 12.6. The molecule has 1 saturated heterocycles. The van der Waals surface area contributed by atoms with Gasteiger partial charge in [-0.15, -0.1) is 0 Å². The van der Waals surface area contributed by atoms with Gasteiger partial charge in [0.15, 0.2) is 5.13 Å². The van der Waals surface area contributed by atoms with Crippen molar-refractivity contribution in [3.63, 3.8) is 0 Å². The summed E-state index contributed by atoms with van der Waals surface area (Å²) in [5.74, 6) is 0.661. The SMILES string of the molecule is COc1ccc2nc(NC(=O)c3ccc(N4CCCC4=O)cc3)sc2c1. The van der Waals surface area contributed by atoms with E-state index in [4.69, 9.17) is 4.74 Å². The third-order valence-electron chi connectivity index (χ3n) is 4.33. The van der Waals surface area contributed by atoms with Crippen molar-refractivity contribution in [2.45, 2.75) is 12.8 Å². The lowest BCUT2D eigenvalue weighted by Gasteiger charge is -2.15. The predicted molar refractivity (Wildman–Crippen MR) is 102 cm³/mol. The molecule has 1 fully saturated rings. The second-order valence-corrected chi connectivity index (χ2v) is 7.03. The highest BCUT2D eigenvalue weighted by Crippen LogP contribution is 2.29. The van der Waals surface area contributed by atoms with Crippen molar-refractivity contribution in [1.29, 1.82) is 0 Å². The van der Waals surface area contributed by atoms with Gasteiger partial charge >= 0.3 is 0 Å². The van der Waals surface area contributed by atoms with Gasteiger partial charge in [0.1, 0.15) is 5.75 Å². The van der Waals surface area contributed by atoms with Crippen molar-refractivity contribution in [2.75, 3.05) is 23.9 Å². The molecule has 132 valence electrons. The average Bonchev–Trinajstić information content (AvgIpc) is 3.26. The molecule has 0 aliphatic carbocycles. The zero-order chi connectivity index (χ0) is 18.1. The standard InChI is InChI=1S/C19H17N3O3S/c1-25-14-8-9-15-16(11-14)26-19(20-15)21-18(24)12-4-6-13(7-5-12)22-10-2-3-17(22)23/h4-9,11H,2-3,10H2,1H3,(H,20,21,24). The summed E-state index contributed by atoms with van der Waals surface area (Å²) < 4.78 is 6.15. The molecular weight excluding hydrogens is 350 g/mol. The molecule has 1 aromatic heterocycles. The van der Waals surface area contributed by atoms with Gasteiger partial charge in [0.2, 0.25) is 5.91 Å². The lowest BCUT2D eigenvalue weighted by Crippen LogP contribution is -2.23. The topological polar surface area (TPSA) is 71.5 Å². The summed E-state index contributed by atoms with van der Waals surface area (Å²) in [6.45, 7) is 0.736. The monoisotopic (exact) mass is 367 g/mol. The smallest absolute Gasteiger partial charge is 0.257 e. The van der Waals surface area contributed by atoms with E-state index in [9.17, 15) is 9.59 Å². The predicted octanol–water partition coefficient (Wildman–Crippen LogP) is 3.68. The molecule has 0 radical (unpaired) electrons. The van der Waals surface area contributed by atoms with Crippen LogP contribution in [0.3, 0.4) is 0 Å². The normalized spacial score (nSPS) is 14.0. The molecule has 0 saturated carbocycles. The van der Waals surface area contributed by atoms with E-state index in [2.05, 4.69) is 10.3 Å². The van der Waals surface area contributed by atoms with Gasteiger partial charge < -0.3 is 9.64 Å². The summed E-state index contributed by atoms with van der Waals surface area (Å²) in [5.41, 5.74) is 2.17. The van der Waals surface area contributed by atoms with Crippen LogP contribution < -0.4 is 15.0 Å². The number of ether oxygens (including phenoxy) is 1. The van der Waals surface area contributed by atoms with E-state index in [1.807, 2.05) is 18.2 Å². The van der Waals surface area contributed by atoms with E-state index < -0.39 is 0 Å². The molecule has 0 spiro atoms. The summed E-state index contributed by atoms with van der Waals surface area (Å²) in [4.78, 5) is 30.4. The Morgan fingerprint density at radius 1 is 1.23 bits per heavy atom. The Labute approximate surface area is 154 Å². The Kier molecular flexibility index (Phi) is 4.30. The number of anilines is 2. The van der Waals surface area contributed by atoms with Crippen molar-refractivity contribution in [3.8, 4) is 5.75 Å². The number of methoxy groups -OCH3 is 1. The van der Waals surface area contributed by atoms with Gasteiger partial charge in [0, 0.05) is 24.2 Å². The number of benzene rings is 2. The number of carbonyl (C=O) groups excluding carboxylic acids is 2. The van der Waals surface area contributed by atoms with Crippen LogP contribution in [0.1, 0.15) is 23.2 Å². The molecule has 2 amide bonds. The molecule has 1 N–H and O–H groups in total. The minimum absolute atomic E-state index is 0.132. The van der Waals surface area contributed by atoms with Crippen LogP contribution in [0.4, 0.5) is 10.8 Å². The van der Waals surface area contributed by atoms with E-state index in [0.717, 1.165) is 34.6 Å². The Hall–Kier alpha value is -2.93. The summed E-state index contributed by atoms with van der Waals surface area (Å²) in [6.07, 6.45) is 1.47. The molecule has 2 aromatic carbocycles. The van der Waals surface area contributed by atoms with Crippen LogP contribution in [-0.4, -0.2) is 30.5 Å². The van der Waals surface area contributed by atoms with Gasteiger partial charge in [0.25, 0.3) is 5.91 Å². The van der Waals surface area contributed by atoms with Crippen molar-refractivity contribution in [1.82, 2.24) is 4.98 Å². The van der Waals surface area contributed by atoms with Crippen LogP contribution in [0.15, 0.2) is 42.5 Å². The van der Waals surface area contributed by atoms with Gasteiger partial charge in [-0.25, -0.2) is 4.98 Å². The van der Waals surface area contributed by atoms with E-state index in [0.29, 0.717) is 17.1 Å². The zero-order valence-corrected chi connectivity index (χ0v) is 15.0. The summed E-state index contributed by atoms with van der Waals surface area (Å²) in [7, 11) is 1.62. The molecule has 2 heterocycles. The number of hydrogen-bond donors (Lipinski definition) is 1. The van der Waals surface area contributed by atoms with Gasteiger partial charge in [-0.1, -0.05) is 11.3 Å². The number of carbonyl (C=O) groups is 2. The van der Waals surface area contributed by atoms with E-state index in [1.54, 1.807) is 36.3 Å². The second kappa shape index (κ2) is 6.76. The fourth-order valence-corrected chi connectivity index (χ4v) is 3.86. The maximum absolute atomic E-state index is 12.5. The fraction of sp³-hybridized carbons (Fsp3) is 0.211. The molecule has 26 heavy (non-hydrogen) atoms.